The van der Waals surface area contributed by atoms with E-state index in [-0.39, 0.29) is 11.3 Å². The van der Waals surface area contributed by atoms with Crippen LogP contribution >= 0.6 is 23.2 Å². The van der Waals surface area contributed by atoms with Crippen molar-refractivity contribution in [2.24, 2.45) is 0 Å². The smallest absolute Gasteiger partial charge is 0.200 e. The number of aromatic amines is 1. The highest BCUT2D eigenvalue weighted by atomic mass is 35.5. The van der Waals surface area contributed by atoms with Crippen LogP contribution in [0.3, 0.4) is 0 Å². The molecule has 0 spiro atoms. The molecule has 0 amide bonds. The van der Waals surface area contributed by atoms with Crippen LogP contribution in [-0.2, 0) is 0 Å². The molecular weight excluding hydrogens is 321 g/mol. The quantitative estimate of drug-likeness (QED) is 0.683. The Morgan fingerprint density at radius 2 is 1.77 bits per heavy atom. The summed E-state index contributed by atoms with van der Waals surface area (Å²) in [4.78, 5) is 16.2. The minimum Gasteiger partial charge on any atom is -0.496 e. The monoisotopic (exact) mass is 333 g/mol. The Morgan fingerprint density at radius 3 is 2.41 bits per heavy atom. The number of hydrogen-bond acceptors (Lipinski definition) is 2. The van der Waals surface area contributed by atoms with Crippen LogP contribution in [0.2, 0.25) is 10.0 Å². The van der Waals surface area contributed by atoms with Gasteiger partial charge in [-0.2, -0.15) is 0 Å². The maximum atomic E-state index is 13.0. The molecule has 112 valence electrons. The lowest BCUT2D eigenvalue weighted by molar-refractivity contribution is 0.103. The van der Waals surface area contributed by atoms with Crippen LogP contribution < -0.4 is 4.74 Å². The minimum absolute atomic E-state index is 0.253. The molecule has 1 N–H and O–H groups in total. The van der Waals surface area contributed by atoms with Gasteiger partial charge in [0.25, 0.3) is 0 Å². The average molecular weight is 334 g/mol. The molecule has 0 atom stereocenters. The predicted molar refractivity (Wildman–Crippen MR) is 89.5 cm³/mol. The number of ketones is 1. The topological polar surface area (TPSA) is 42.1 Å². The number of carbonyl (C=O) groups excluding carboxylic acids is 1. The van der Waals surface area contributed by atoms with E-state index in [1.54, 1.807) is 24.3 Å². The Bertz CT molecular complexity index is 863. The lowest BCUT2D eigenvalue weighted by atomic mass is 9.98. The van der Waals surface area contributed by atoms with Gasteiger partial charge in [0.15, 0.2) is 5.78 Å². The molecule has 1 aromatic heterocycles. The molecule has 22 heavy (non-hydrogen) atoms. The number of aromatic nitrogens is 1. The van der Waals surface area contributed by atoms with Gasteiger partial charge in [0.1, 0.15) is 5.75 Å². The molecule has 5 heteroatoms. The van der Waals surface area contributed by atoms with E-state index < -0.39 is 0 Å². The molecule has 0 aliphatic carbocycles. The third-order valence-corrected chi connectivity index (χ3v) is 4.17. The Balaban J connectivity index is 2.31. The lowest BCUT2D eigenvalue weighted by Crippen LogP contribution is -2.06. The van der Waals surface area contributed by atoms with Gasteiger partial charge in [-0.3, -0.25) is 4.79 Å². The number of rotatable bonds is 3. The zero-order valence-corrected chi connectivity index (χ0v) is 13.5. The summed E-state index contributed by atoms with van der Waals surface area (Å²) in [6, 6.07) is 10.6. The van der Waals surface area contributed by atoms with Gasteiger partial charge in [0, 0.05) is 16.6 Å². The van der Waals surface area contributed by atoms with E-state index in [4.69, 9.17) is 27.9 Å². The Kier molecular flexibility index (Phi) is 3.85. The van der Waals surface area contributed by atoms with Crippen molar-refractivity contribution in [1.29, 1.82) is 0 Å². The number of nitrogens with one attached hydrogen (secondary N) is 1. The summed E-state index contributed by atoms with van der Waals surface area (Å²) in [5, 5.41) is 1.44. The molecule has 0 radical (unpaired) electrons. The zero-order valence-electron chi connectivity index (χ0n) is 12.0. The maximum absolute atomic E-state index is 13.0. The highest BCUT2D eigenvalue weighted by Crippen LogP contribution is 2.34. The first-order valence-electron chi connectivity index (χ1n) is 6.68. The standard InChI is InChI=1S/C17H13Cl2NO2/c1-9-8-10-13(20-9)6-7-14(22-2)15(10)17(21)16-11(18)4-3-5-12(16)19/h3-8,20H,1-2H3. The zero-order chi connectivity index (χ0) is 15.9. The molecule has 0 saturated heterocycles. The number of H-pyrrole nitrogens is 1. The number of hydrogen-bond donors (Lipinski definition) is 1. The molecule has 0 aliphatic rings. The van der Waals surface area contributed by atoms with Crippen molar-refractivity contribution in [2.45, 2.75) is 6.92 Å². The number of benzene rings is 2. The van der Waals surface area contributed by atoms with Gasteiger partial charge in [0.05, 0.1) is 28.3 Å². The highest BCUT2D eigenvalue weighted by Gasteiger charge is 2.23. The van der Waals surface area contributed by atoms with Gasteiger partial charge >= 0.3 is 0 Å². The van der Waals surface area contributed by atoms with Crippen molar-refractivity contribution in [1.82, 2.24) is 4.98 Å². The van der Waals surface area contributed by atoms with Crippen LogP contribution in [0, 0.1) is 6.92 Å². The molecule has 3 rings (SSSR count). The van der Waals surface area contributed by atoms with Crippen LogP contribution in [0.25, 0.3) is 10.9 Å². The van der Waals surface area contributed by atoms with E-state index in [0.717, 1.165) is 16.6 Å². The van der Waals surface area contributed by atoms with Gasteiger partial charge in [-0.05, 0) is 37.3 Å². The van der Waals surface area contributed by atoms with E-state index in [2.05, 4.69) is 4.98 Å². The minimum atomic E-state index is -0.253. The predicted octanol–water partition coefficient (Wildman–Crippen LogP) is 5.02. The van der Waals surface area contributed by atoms with E-state index in [1.165, 1.54) is 7.11 Å². The van der Waals surface area contributed by atoms with Crippen LogP contribution in [-0.4, -0.2) is 17.9 Å². The normalized spacial score (nSPS) is 10.9. The van der Waals surface area contributed by atoms with E-state index in [0.29, 0.717) is 21.4 Å². The first-order valence-corrected chi connectivity index (χ1v) is 7.43. The Morgan fingerprint density at radius 1 is 1.09 bits per heavy atom. The summed E-state index contributed by atoms with van der Waals surface area (Å²) in [6.07, 6.45) is 0. The van der Waals surface area contributed by atoms with Gasteiger partial charge in [-0.25, -0.2) is 0 Å². The Hall–Kier alpha value is -1.97. The van der Waals surface area contributed by atoms with E-state index >= 15 is 0 Å². The fourth-order valence-corrected chi connectivity index (χ4v) is 3.14. The van der Waals surface area contributed by atoms with Crippen LogP contribution in [0.4, 0.5) is 0 Å². The van der Waals surface area contributed by atoms with Crippen LogP contribution in [0.15, 0.2) is 36.4 Å². The van der Waals surface area contributed by atoms with Gasteiger partial charge < -0.3 is 9.72 Å². The number of ether oxygens (including phenoxy) is 1. The molecule has 2 aromatic carbocycles. The van der Waals surface area contributed by atoms with Crippen molar-refractivity contribution in [3.05, 3.63) is 63.3 Å². The molecule has 3 nitrogen and oxygen atoms in total. The van der Waals surface area contributed by atoms with Crippen LogP contribution in [0.1, 0.15) is 21.6 Å². The molecule has 0 fully saturated rings. The number of aryl methyl sites for hydroxylation is 1. The summed E-state index contributed by atoms with van der Waals surface area (Å²) in [5.41, 5.74) is 2.57. The number of methoxy groups -OCH3 is 1. The molecule has 3 aromatic rings. The largest absolute Gasteiger partial charge is 0.496 e. The number of carbonyl (C=O) groups is 1. The number of halogens is 2. The van der Waals surface area contributed by atoms with Crippen LogP contribution in [0.5, 0.6) is 5.75 Å². The summed E-state index contributed by atoms with van der Waals surface area (Å²) < 4.78 is 5.36. The third kappa shape index (κ3) is 2.36. The maximum Gasteiger partial charge on any atom is 0.200 e. The summed E-state index contributed by atoms with van der Waals surface area (Å²) in [7, 11) is 1.53. The molecule has 1 heterocycles. The van der Waals surface area contributed by atoms with Crippen molar-refractivity contribution >= 4 is 39.9 Å². The highest BCUT2D eigenvalue weighted by molar-refractivity contribution is 6.41. The second-order valence-electron chi connectivity index (χ2n) is 4.98. The molecule has 0 saturated carbocycles. The lowest BCUT2D eigenvalue weighted by Gasteiger charge is -2.11. The van der Waals surface area contributed by atoms with Gasteiger partial charge in [-0.15, -0.1) is 0 Å². The summed E-state index contributed by atoms with van der Waals surface area (Å²) in [5.74, 6) is 0.240. The third-order valence-electron chi connectivity index (χ3n) is 3.54. The van der Waals surface area contributed by atoms with Gasteiger partial charge in [0.2, 0.25) is 0 Å². The molecule has 0 bridgehead atoms. The van der Waals surface area contributed by atoms with Crippen molar-refractivity contribution in [2.75, 3.05) is 7.11 Å². The van der Waals surface area contributed by atoms with Crippen molar-refractivity contribution in [3.8, 4) is 5.75 Å². The molecular formula is C17H13Cl2NO2. The Labute approximate surface area is 137 Å². The van der Waals surface area contributed by atoms with Gasteiger partial charge in [-0.1, -0.05) is 29.3 Å². The van der Waals surface area contributed by atoms with E-state index in [1.807, 2.05) is 19.1 Å². The SMILES string of the molecule is COc1ccc2[nH]c(C)cc2c1C(=O)c1c(Cl)cccc1Cl. The fourth-order valence-electron chi connectivity index (χ4n) is 2.57. The van der Waals surface area contributed by atoms with Crippen molar-refractivity contribution < 1.29 is 9.53 Å². The first kappa shape index (κ1) is 14.9. The summed E-state index contributed by atoms with van der Waals surface area (Å²) >= 11 is 12.3. The number of fused-ring (bicyclic) bond motifs is 1. The molecule has 0 aliphatic heterocycles. The molecule has 0 unspecified atom stereocenters. The first-order chi connectivity index (χ1) is 10.5. The fraction of sp³-hybridized carbons (Fsp3) is 0.118. The van der Waals surface area contributed by atoms with Crippen molar-refractivity contribution in [3.63, 3.8) is 0 Å². The second-order valence-corrected chi connectivity index (χ2v) is 5.80. The van der Waals surface area contributed by atoms with E-state index in [9.17, 15) is 4.79 Å². The summed E-state index contributed by atoms with van der Waals surface area (Å²) in [6.45, 7) is 1.93. The average Bonchev–Trinajstić information content (AvgIpc) is 2.85. The second kappa shape index (κ2) is 5.67.